The molecule has 2 aromatic heterocycles. The van der Waals surface area contributed by atoms with Crippen molar-refractivity contribution in [1.82, 2.24) is 31.1 Å². The first-order chi connectivity index (χ1) is 16.7. The number of aromatic nitrogens is 3. The molecule has 1 amide bonds. The Hall–Kier alpha value is -3.79. The molecule has 34 heavy (non-hydrogen) atoms. The van der Waals surface area contributed by atoms with Crippen molar-refractivity contribution in [3.8, 4) is 11.3 Å². The molecule has 9 heteroatoms. The fourth-order valence-electron chi connectivity index (χ4n) is 3.61. The largest absolute Gasteiger partial charge is 0.365 e. The van der Waals surface area contributed by atoms with Gasteiger partial charge in [0.05, 0.1) is 5.39 Å². The zero-order valence-electron chi connectivity index (χ0n) is 18.8. The first-order valence-electron chi connectivity index (χ1n) is 11.3. The van der Waals surface area contributed by atoms with Crippen molar-refractivity contribution in [1.29, 1.82) is 0 Å². The second-order valence-corrected chi connectivity index (χ2v) is 7.92. The first kappa shape index (κ1) is 23.4. The number of hydroxylamine groups is 1. The molecule has 2 heterocycles. The number of fused-ring (bicyclic) bond motifs is 1. The Morgan fingerprint density at radius 2 is 1.65 bits per heavy atom. The van der Waals surface area contributed by atoms with Crippen LogP contribution in [0, 0.1) is 0 Å². The van der Waals surface area contributed by atoms with Crippen LogP contribution in [0.2, 0.25) is 0 Å². The molecule has 4 rings (SSSR count). The maximum absolute atomic E-state index is 10.9. The van der Waals surface area contributed by atoms with Gasteiger partial charge in [0.15, 0.2) is 0 Å². The highest BCUT2D eigenvalue weighted by Crippen LogP contribution is 2.27. The summed E-state index contributed by atoms with van der Waals surface area (Å²) in [6.07, 6.45) is 1.82. The molecule has 0 aliphatic rings. The van der Waals surface area contributed by atoms with E-state index in [0.717, 1.165) is 47.7 Å². The molecule has 0 spiro atoms. The van der Waals surface area contributed by atoms with Crippen LogP contribution in [0.5, 0.6) is 0 Å². The van der Waals surface area contributed by atoms with Crippen LogP contribution in [0.15, 0.2) is 67.0 Å². The van der Waals surface area contributed by atoms with Crippen LogP contribution in [0.4, 0.5) is 5.82 Å². The normalized spacial score (nSPS) is 11.0. The molecule has 9 nitrogen and oxygen atoms in total. The van der Waals surface area contributed by atoms with E-state index in [9.17, 15) is 4.79 Å². The summed E-state index contributed by atoms with van der Waals surface area (Å²) in [7, 11) is 0. The first-order valence-corrected chi connectivity index (χ1v) is 11.3. The zero-order chi connectivity index (χ0) is 23.6. The Labute approximate surface area is 198 Å². The zero-order valence-corrected chi connectivity index (χ0v) is 18.8. The van der Waals surface area contributed by atoms with Crippen molar-refractivity contribution in [2.24, 2.45) is 0 Å². The van der Waals surface area contributed by atoms with Crippen molar-refractivity contribution < 1.29 is 10.0 Å². The number of nitrogens with one attached hydrogen (secondary N) is 5. The number of aromatic amines is 1. The SMILES string of the molecule is O=C(CCNCCNCc1ccc(-c2cc3c(NCc4ccccc4)ncnc3[nH]2)cc1)NO. The van der Waals surface area contributed by atoms with Gasteiger partial charge >= 0.3 is 0 Å². The van der Waals surface area contributed by atoms with E-state index in [1.165, 1.54) is 11.1 Å². The van der Waals surface area contributed by atoms with Gasteiger partial charge in [0, 0.05) is 44.8 Å². The topological polar surface area (TPSA) is 127 Å². The van der Waals surface area contributed by atoms with E-state index in [2.05, 4.69) is 73.4 Å². The van der Waals surface area contributed by atoms with Crippen LogP contribution in [0.25, 0.3) is 22.3 Å². The number of anilines is 1. The molecule has 6 N–H and O–H groups in total. The lowest BCUT2D eigenvalue weighted by atomic mass is 10.1. The number of carbonyl (C=O) groups is 1. The molecular weight excluding hydrogens is 430 g/mol. The van der Waals surface area contributed by atoms with Crippen molar-refractivity contribution in [2.45, 2.75) is 19.5 Å². The number of rotatable bonds is 12. The number of benzene rings is 2. The van der Waals surface area contributed by atoms with Crippen molar-refractivity contribution in [3.05, 3.63) is 78.1 Å². The van der Waals surface area contributed by atoms with Crippen molar-refractivity contribution >= 4 is 22.8 Å². The molecule has 4 aromatic rings. The van der Waals surface area contributed by atoms with Gasteiger partial charge in [-0.05, 0) is 22.8 Å². The van der Waals surface area contributed by atoms with Crippen LogP contribution in [-0.4, -0.2) is 45.7 Å². The van der Waals surface area contributed by atoms with E-state index in [1.807, 2.05) is 18.2 Å². The predicted octanol–water partition coefficient (Wildman–Crippen LogP) is 2.81. The number of nitrogens with zero attached hydrogens (tertiary/aromatic N) is 2. The molecule has 0 radical (unpaired) electrons. The summed E-state index contributed by atoms with van der Waals surface area (Å²) >= 11 is 0. The van der Waals surface area contributed by atoms with Gasteiger partial charge in [-0.2, -0.15) is 0 Å². The minimum absolute atomic E-state index is 0.252. The maximum atomic E-state index is 10.9. The summed E-state index contributed by atoms with van der Waals surface area (Å²) < 4.78 is 0. The smallest absolute Gasteiger partial charge is 0.244 e. The molecule has 0 aliphatic heterocycles. The summed E-state index contributed by atoms with van der Waals surface area (Å²) in [4.78, 5) is 23.2. The molecule has 0 unspecified atom stereocenters. The van der Waals surface area contributed by atoms with E-state index in [4.69, 9.17) is 5.21 Å². The van der Waals surface area contributed by atoms with E-state index in [1.54, 1.807) is 11.8 Å². The highest BCUT2D eigenvalue weighted by atomic mass is 16.5. The molecule has 0 aliphatic carbocycles. The predicted molar refractivity (Wildman–Crippen MR) is 132 cm³/mol. The lowest BCUT2D eigenvalue weighted by Crippen LogP contribution is -2.30. The van der Waals surface area contributed by atoms with Gasteiger partial charge in [-0.3, -0.25) is 10.0 Å². The molecule has 0 fully saturated rings. The number of carbonyl (C=O) groups excluding carboxylic acids is 1. The summed E-state index contributed by atoms with van der Waals surface area (Å²) in [6.45, 7) is 3.50. The third kappa shape index (κ3) is 6.38. The van der Waals surface area contributed by atoms with Gasteiger partial charge in [0.1, 0.15) is 17.8 Å². The second-order valence-electron chi connectivity index (χ2n) is 7.92. The second kappa shape index (κ2) is 11.9. The molecule has 0 atom stereocenters. The third-order valence-corrected chi connectivity index (χ3v) is 5.45. The molecule has 0 bridgehead atoms. The standard InChI is InChI=1S/C25H29N7O2/c33-23(32-34)10-11-26-12-13-27-15-19-6-8-20(9-7-19)22-14-21-24(29-17-30-25(21)31-22)28-16-18-4-2-1-3-5-18/h1-9,14,17,26-27,34H,10-13,15-16H2,(H,32,33)(H2,28,29,30,31). The van der Waals surface area contributed by atoms with Crippen molar-refractivity contribution in [3.63, 3.8) is 0 Å². The Bertz CT molecular complexity index is 1190. The van der Waals surface area contributed by atoms with Gasteiger partial charge in [-0.15, -0.1) is 0 Å². The number of hydrogen-bond donors (Lipinski definition) is 6. The van der Waals surface area contributed by atoms with E-state index in [-0.39, 0.29) is 12.3 Å². The van der Waals surface area contributed by atoms with Gasteiger partial charge in [-0.1, -0.05) is 54.6 Å². The Morgan fingerprint density at radius 1 is 0.882 bits per heavy atom. The van der Waals surface area contributed by atoms with Crippen LogP contribution < -0.4 is 21.4 Å². The summed E-state index contributed by atoms with van der Waals surface area (Å²) in [5.41, 5.74) is 6.88. The lowest BCUT2D eigenvalue weighted by molar-refractivity contribution is -0.129. The van der Waals surface area contributed by atoms with Crippen LogP contribution in [0.3, 0.4) is 0 Å². The maximum Gasteiger partial charge on any atom is 0.244 e. The average molecular weight is 460 g/mol. The summed E-state index contributed by atoms with van der Waals surface area (Å²) in [6, 6.07) is 20.7. The van der Waals surface area contributed by atoms with E-state index < -0.39 is 0 Å². The lowest BCUT2D eigenvalue weighted by Gasteiger charge is -2.07. The Balaban J connectivity index is 1.30. The highest BCUT2D eigenvalue weighted by molar-refractivity contribution is 5.91. The number of H-pyrrole nitrogens is 1. The minimum atomic E-state index is -0.387. The molecule has 176 valence electrons. The Kier molecular flexibility index (Phi) is 8.18. The quantitative estimate of drug-likeness (QED) is 0.109. The van der Waals surface area contributed by atoms with Gasteiger partial charge < -0.3 is 20.9 Å². The number of amides is 1. The van der Waals surface area contributed by atoms with E-state index in [0.29, 0.717) is 13.1 Å². The molecule has 0 saturated heterocycles. The van der Waals surface area contributed by atoms with Crippen LogP contribution in [0.1, 0.15) is 17.5 Å². The fraction of sp³-hybridized carbons (Fsp3) is 0.240. The van der Waals surface area contributed by atoms with Crippen LogP contribution in [-0.2, 0) is 17.9 Å². The summed E-state index contributed by atoms with van der Waals surface area (Å²) in [5, 5.41) is 19.3. The van der Waals surface area contributed by atoms with Crippen LogP contribution >= 0.6 is 0 Å². The van der Waals surface area contributed by atoms with Gasteiger partial charge in [-0.25, -0.2) is 15.4 Å². The van der Waals surface area contributed by atoms with E-state index >= 15 is 0 Å². The highest BCUT2D eigenvalue weighted by Gasteiger charge is 2.09. The third-order valence-electron chi connectivity index (χ3n) is 5.45. The number of hydrogen-bond acceptors (Lipinski definition) is 7. The average Bonchev–Trinajstić information content (AvgIpc) is 3.33. The monoisotopic (exact) mass is 459 g/mol. The Morgan fingerprint density at radius 3 is 2.44 bits per heavy atom. The fourth-order valence-corrected chi connectivity index (χ4v) is 3.61. The molecule has 2 aromatic carbocycles. The summed E-state index contributed by atoms with van der Waals surface area (Å²) in [5.74, 6) is 0.421. The van der Waals surface area contributed by atoms with Gasteiger partial charge in [0.25, 0.3) is 0 Å². The van der Waals surface area contributed by atoms with Gasteiger partial charge in [0.2, 0.25) is 5.91 Å². The minimum Gasteiger partial charge on any atom is -0.365 e. The molecule has 0 saturated carbocycles. The van der Waals surface area contributed by atoms with Crippen molar-refractivity contribution in [2.75, 3.05) is 25.0 Å². The molecular formula is C25H29N7O2.